The molecule has 5 heteroatoms. The molecular weight excluding hydrogens is 524 g/mol. The first-order valence-electron chi connectivity index (χ1n) is 17.5. The van der Waals surface area contributed by atoms with Crippen LogP contribution >= 0.6 is 0 Å². The van der Waals surface area contributed by atoms with Gasteiger partial charge in [0, 0.05) is 12.8 Å². The van der Waals surface area contributed by atoms with E-state index in [1.165, 1.54) is 77.0 Å². The zero-order valence-corrected chi connectivity index (χ0v) is 27.5. The maximum absolute atomic E-state index is 12.1. The van der Waals surface area contributed by atoms with E-state index in [1.807, 2.05) is 0 Å². The number of carbonyl (C=O) groups is 2. The highest BCUT2D eigenvalue weighted by Crippen LogP contribution is 2.13. The van der Waals surface area contributed by atoms with Crippen molar-refractivity contribution in [3.63, 3.8) is 0 Å². The third-order valence-corrected chi connectivity index (χ3v) is 7.44. The van der Waals surface area contributed by atoms with Crippen LogP contribution in [-0.4, -0.2) is 36.4 Å². The van der Waals surface area contributed by atoms with E-state index >= 15 is 0 Å². The number of aliphatic hydroxyl groups excluding tert-OH is 1. The number of hydrogen-bond acceptors (Lipinski definition) is 5. The van der Waals surface area contributed by atoms with Gasteiger partial charge in [-0.1, -0.05) is 140 Å². The van der Waals surface area contributed by atoms with Crippen LogP contribution in [0, 0.1) is 0 Å². The van der Waals surface area contributed by atoms with Gasteiger partial charge in [0.2, 0.25) is 0 Å². The van der Waals surface area contributed by atoms with Crippen molar-refractivity contribution >= 4 is 11.9 Å². The van der Waals surface area contributed by atoms with E-state index in [0.717, 1.165) is 64.2 Å². The lowest BCUT2D eigenvalue weighted by molar-refractivity contribution is -0.161. The summed E-state index contributed by atoms with van der Waals surface area (Å²) in [7, 11) is 0. The summed E-state index contributed by atoms with van der Waals surface area (Å²) in [6.07, 6.45) is 39.1. The van der Waals surface area contributed by atoms with Crippen LogP contribution in [0.25, 0.3) is 0 Å². The number of carbonyl (C=O) groups excluding carboxylic acids is 2. The Labute approximate surface area is 259 Å². The number of esters is 2. The zero-order valence-electron chi connectivity index (χ0n) is 27.5. The van der Waals surface area contributed by atoms with Crippen molar-refractivity contribution in [2.45, 2.75) is 174 Å². The van der Waals surface area contributed by atoms with Gasteiger partial charge in [0.05, 0.1) is 6.61 Å². The number of aliphatic hydroxyl groups is 1. The summed E-state index contributed by atoms with van der Waals surface area (Å²) in [6, 6.07) is 0. The van der Waals surface area contributed by atoms with Crippen molar-refractivity contribution in [1.82, 2.24) is 0 Å². The summed E-state index contributed by atoms with van der Waals surface area (Å²) in [6.45, 7) is 4.07. The molecule has 0 bridgehead atoms. The SMILES string of the molecule is CCCCCC=CCC=CCC=CCCCCCCC(=O)OCC(CO)OC(=O)CCCCCCCCCCCCC. The zero-order chi connectivity index (χ0) is 30.8. The Balaban J connectivity index is 3.63. The smallest absolute Gasteiger partial charge is 0.306 e. The Hall–Kier alpha value is -1.88. The van der Waals surface area contributed by atoms with Crippen molar-refractivity contribution in [3.05, 3.63) is 36.5 Å². The minimum atomic E-state index is -0.775. The maximum Gasteiger partial charge on any atom is 0.306 e. The molecule has 0 radical (unpaired) electrons. The average molecular weight is 591 g/mol. The monoisotopic (exact) mass is 590 g/mol. The van der Waals surface area contributed by atoms with Gasteiger partial charge < -0.3 is 14.6 Å². The first-order valence-corrected chi connectivity index (χ1v) is 17.5. The van der Waals surface area contributed by atoms with Crippen molar-refractivity contribution in [3.8, 4) is 0 Å². The molecule has 0 aliphatic rings. The van der Waals surface area contributed by atoms with Gasteiger partial charge in [-0.3, -0.25) is 9.59 Å². The molecule has 1 N–H and O–H groups in total. The van der Waals surface area contributed by atoms with Gasteiger partial charge in [-0.15, -0.1) is 0 Å². The van der Waals surface area contributed by atoms with E-state index in [-0.39, 0.29) is 25.2 Å². The molecule has 0 heterocycles. The molecular formula is C37H66O5. The number of ether oxygens (including phenoxy) is 2. The van der Waals surface area contributed by atoms with Crippen LogP contribution in [-0.2, 0) is 19.1 Å². The molecule has 0 fully saturated rings. The summed E-state index contributed by atoms with van der Waals surface area (Å²) in [5.74, 6) is -0.617. The molecule has 244 valence electrons. The maximum atomic E-state index is 12.1. The lowest BCUT2D eigenvalue weighted by atomic mass is 10.1. The van der Waals surface area contributed by atoms with Crippen molar-refractivity contribution in [2.75, 3.05) is 13.2 Å². The minimum Gasteiger partial charge on any atom is -0.462 e. The lowest BCUT2D eigenvalue weighted by Crippen LogP contribution is -2.28. The first kappa shape index (κ1) is 40.1. The quantitative estimate of drug-likeness (QED) is 0.0494. The normalized spacial score (nSPS) is 12.5. The summed E-state index contributed by atoms with van der Waals surface area (Å²) >= 11 is 0. The predicted octanol–water partition coefficient (Wildman–Crippen LogP) is 10.5. The predicted molar refractivity (Wildman–Crippen MR) is 178 cm³/mol. The van der Waals surface area contributed by atoms with Crippen LogP contribution in [0.15, 0.2) is 36.5 Å². The highest BCUT2D eigenvalue weighted by Gasteiger charge is 2.16. The molecule has 42 heavy (non-hydrogen) atoms. The van der Waals surface area contributed by atoms with Gasteiger partial charge in [0.1, 0.15) is 6.61 Å². The van der Waals surface area contributed by atoms with Gasteiger partial charge in [-0.05, 0) is 51.4 Å². The summed E-state index contributed by atoms with van der Waals surface area (Å²) < 4.78 is 10.5. The van der Waals surface area contributed by atoms with Gasteiger partial charge in [-0.2, -0.15) is 0 Å². The second kappa shape index (κ2) is 33.6. The van der Waals surface area contributed by atoms with Gasteiger partial charge in [-0.25, -0.2) is 0 Å². The van der Waals surface area contributed by atoms with Gasteiger partial charge in [0.15, 0.2) is 6.10 Å². The minimum absolute atomic E-state index is 0.0756. The average Bonchev–Trinajstić information content (AvgIpc) is 2.99. The second-order valence-corrected chi connectivity index (χ2v) is 11.6. The molecule has 0 aliphatic carbocycles. The van der Waals surface area contributed by atoms with Crippen molar-refractivity contribution in [1.29, 1.82) is 0 Å². The Morgan fingerprint density at radius 2 is 0.952 bits per heavy atom. The van der Waals surface area contributed by atoms with Gasteiger partial charge in [0.25, 0.3) is 0 Å². The molecule has 1 atom stereocenters. The van der Waals surface area contributed by atoms with Crippen LogP contribution < -0.4 is 0 Å². The van der Waals surface area contributed by atoms with E-state index in [2.05, 4.69) is 50.3 Å². The van der Waals surface area contributed by atoms with Crippen LogP contribution in [0.5, 0.6) is 0 Å². The standard InChI is InChI=1S/C37H66O5/c1-3-5-7-9-11-13-15-16-17-18-19-20-22-23-25-27-29-31-36(39)41-34-35(33-38)42-37(40)32-30-28-26-24-21-14-12-10-8-6-4-2/h11,13,16-17,19-20,35,38H,3-10,12,14-15,18,21-34H2,1-2H3. The number of unbranched alkanes of at least 4 members (excludes halogenated alkanes) is 17. The highest BCUT2D eigenvalue weighted by molar-refractivity contribution is 5.70. The van der Waals surface area contributed by atoms with Crippen molar-refractivity contribution < 1.29 is 24.2 Å². The highest BCUT2D eigenvalue weighted by atomic mass is 16.6. The Morgan fingerprint density at radius 3 is 1.48 bits per heavy atom. The lowest BCUT2D eigenvalue weighted by Gasteiger charge is -2.15. The summed E-state index contributed by atoms with van der Waals surface area (Å²) in [5, 5.41) is 9.50. The third kappa shape index (κ3) is 31.1. The van der Waals surface area contributed by atoms with Crippen LogP contribution in [0.1, 0.15) is 168 Å². The fraction of sp³-hybridized carbons (Fsp3) is 0.784. The number of allylic oxidation sites excluding steroid dienone is 6. The molecule has 1 unspecified atom stereocenters. The molecule has 0 aromatic rings. The molecule has 0 saturated carbocycles. The van der Waals surface area contributed by atoms with Gasteiger partial charge >= 0.3 is 11.9 Å². The molecule has 0 aromatic carbocycles. The van der Waals surface area contributed by atoms with Crippen LogP contribution in [0.2, 0.25) is 0 Å². The van der Waals surface area contributed by atoms with E-state index in [4.69, 9.17) is 9.47 Å². The fourth-order valence-corrected chi connectivity index (χ4v) is 4.74. The molecule has 0 aromatic heterocycles. The first-order chi connectivity index (χ1) is 20.6. The molecule has 0 saturated heterocycles. The Bertz CT molecular complexity index is 682. The fourth-order valence-electron chi connectivity index (χ4n) is 4.74. The molecule has 5 nitrogen and oxygen atoms in total. The van der Waals surface area contributed by atoms with E-state index in [9.17, 15) is 14.7 Å². The third-order valence-electron chi connectivity index (χ3n) is 7.44. The Kier molecular flexibility index (Phi) is 32.1. The molecule has 0 spiro atoms. The van der Waals surface area contributed by atoms with E-state index in [0.29, 0.717) is 12.8 Å². The van der Waals surface area contributed by atoms with E-state index < -0.39 is 6.10 Å². The molecule has 0 aliphatic heterocycles. The molecule has 0 amide bonds. The Morgan fingerprint density at radius 1 is 0.548 bits per heavy atom. The molecule has 0 rings (SSSR count). The number of hydrogen-bond donors (Lipinski definition) is 1. The second-order valence-electron chi connectivity index (χ2n) is 11.6. The van der Waals surface area contributed by atoms with Crippen LogP contribution in [0.4, 0.5) is 0 Å². The largest absolute Gasteiger partial charge is 0.462 e. The van der Waals surface area contributed by atoms with E-state index in [1.54, 1.807) is 0 Å². The number of rotatable bonds is 31. The summed E-state index contributed by atoms with van der Waals surface area (Å²) in [5.41, 5.74) is 0. The topological polar surface area (TPSA) is 72.8 Å². The van der Waals surface area contributed by atoms with Crippen molar-refractivity contribution in [2.24, 2.45) is 0 Å². The van der Waals surface area contributed by atoms with Crippen LogP contribution in [0.3, 0.4) is 0 Å². The summed E-state index contributed by atoms with van der Waals surface area (Å²) in [4.78, 5) is 24.1.